The van der Waals surface area contributed by atoms with Crippen molar-refractivity contribution in [2.75, 3.05) is 0 Å². The van der Waals surface area contributed by atoms with Crippen LogP contribution in [0, 0.1) is 40.4 Å². The molecule has 0 aromatic carbocycles. The summed E-state index contributed by atoms with van der Waals surface area (Å²) in [5, 5.41) is 0. The summed E-state index contributed by atoms with van der Waals surface area (Å²) in [4.78, 5) is 24.7. The van der Waals surface area contributed by atoms with Gasteiger partial charge < -0.3 is 0 Å². The largest absolute Gasteiger partial charge is 0.299 e. The summed E-state index contributed by atoms with van der Waals surface area (Å²) in [6.45, 7) is 9.12. The van der Waals surface area contributed by atoms with Crippen LogP contribution in [0.4, 0.5) is 0 Å². The summed E-state index contributed by atoms with van der Waals surface area (Å²) >= 11 is 0. The number of ketones is 2. The number of carbonyl (C=O) groups excluding carboxylic acids is 2. The Hall–Kier alpha value is -0.920. The van der Waals surface area contributed by atoms with Gasteiger partial charge in [-0.1, -0.05) is 33.3 Å². The standard InChI is InChI=1S/C21H30O2/c1-12-9-15-16(20(3)7-5-14(22)11-17(12)20)6-8-21(4)18(15)10-13(2)19(21)23/h11-13,15-16,18H,5-10H2,1-4H3/t12-,13-,15+,16-,18-,20+,21-/m0/s1. The van der Waals surface area contributed by atoms with Gasteiger partial charge in [-0.3, -0.25) is 9.59 Å². The first kappa shape index (κ1) is 15.6. The smallest absolute Gasteiger partial charge is 0.155 e. The Labute approximate surface area is 140 Å². The van der Waals surface area contributed by atoms with Crippen LogP contribution in [-0.4, -0.2) is 11.6 Å². The molecule has 3 fully saturated rings. The van der Waals surface area contributed by atoms with E-state index in [1.165, 1.54) is 18.4 Å². The third kappa shape index (κ3) is 1.93. The van der Waals surface area contributed by atoms with E-state index in [0.29, 0.717) is 41.7 Å². The van der Waals surface area contributed by atoms with Gasteiger partial charge in [-0.05, 0) is 67.3 Å². The minimum Gasteiger partial charge on any atom is -0.299 e. The average molecular weight is 314 g/mol. The molecule has 0 unspecified atom stereocenters. The first-order valence-electron chi connectivity index (χ1n) is 9.56. The van der Waals surface area contributed by atoms with Gasteiger partial charge in [-0.2, -0.15) is 0 Å². The van der Waals surface area contributed by atoms with Crippen molar-refractivity contribution in [3.05, 3.63) is 11.6 Å². The van der Waals surface area contributed by atoms with E-state index < -0.39 is 0 Å². The van der Waals surface area contributed by atoms with Crippen LogP contribution in [0.1, 0.15) is 66.2 Å². The molecule has 4 aliphatic rings. The van der Waals surface area contributed by atoms with Gasteiger partial charge in [0, 0.05) is 17.8 Å². The van der Waals surface area contributed by atoms with Crippen molar-refractivity contribution in [1.29, 1.82) is 0 Å². The Kier molecular flexibility index (Phi) is 3.26. The molecule has 0 N–H and O–H groups in total. The van der Waals surface area contributed by atoms with Gasteiger partial charge in [-0.15, -0.1) is 0 Å². The van der Waals surface area contributed by atoms with E-state index >= 15 is 0 Å². The molecule has 0 amide bonds. The minimum absolute atomic E-state index is 0.0671. The van der Waals surface area contributed by atoms with E-state index in [1.54, 1.807) is 0 Å². The first-order valence-corrected chi connectivity index (χ1v) is 9.56. The summed E-state index contributed by atoms with van der Waals surface area (Å²) in [5.74, 6) is 3.52. The molecule has 0 aromatic heterocycles. The highest BCUT2D eigenvalue weighted by Crippen LogP contribution is 2.66. The lowest BCUT2D eigenvalue weighted by atomic mass is 9.46. The van der Waals surface area contributed by atoms with Crippen molar-refractivity contribution in [1.82, 2.24) is 0 Å². The molecule has 0 aliphatic heterocycles. The second-order valence-electron chi connectivity index (χ2n) is 9.45. The zero-order valence-electron chi connectivity index (χ0n) is 15.0. The quantitative estimate of drug-likeness (QED) is 0.656. The van der Waals surface area contributed by atoms with E-state index in [-0.39, 0.29) is 16.7 Å². The van der Waals surface area contributed by atoms with E-state index in [0.717, 1.165) is 19.3 Å². The maximum atomic E-state index is 12.8. The molecule has 0 bridgehead atoms. The number of hydrogen-bond donors (Lipinski definition) is 0. The molecule has 7 atom stereocenters. The number of carbonyl (C=O) groups is 2. The van der Waals surface area contributed by atoms with Crippen LogP contribution >= 0.6 is 0 Å². The monoisotopic (exact) mass is 314 g/mol. The number of allylic oxidation sites excluding steroid dienone is 1. The molecule has 4 rings (SSSR count). The third-order valence-electron chi connectivity index (χ3n) is 8.29. The highest BCUT2D eigenvalue weighted by molar-refractivity contribution is 5.92. The summed E-state index contributed by atoms with van der Waals surface area (Å²) in [6.07, 6.45) is 8.24. The molecule has 0 heterocycles. The SMILES string of the molecule is C[C@H]1C[C@H]2[C@@H]3C[C@H](C)C4=CC(=O)CC[C@]4(C)[C@H]3CC[C@]2(C)C1=O. The molecular weight excluding hydrogens is 284 g/mol. The van der Waals surface area contributed by atoms with Gasteiger partial charge in [0.25, 0.3) is 0 Å². The maximum absolute atomic E-state index is 12.8. The normalized spacial score (nSPS) is 52.5. The Bertz CT molecular complexity index is 603. The third-order valence-corrected chi connectivity index (χ3v) is 8.29. The summed E-state index contributed by atoms with van der Waals surface area (Å²) in [7, 11) is 0. The van der Waals surface area contributed by atoms with E-state index in [1.807, 2.05) is 6.08 Å². The molecule has 0 aromatic rings. The molecule has 0 radical (unpaired) electrons. The lowest BCUT2D eigenvalue weighted by molar-refractivity contribution is -0.135. The van der Waals surface area contributed by atoms with E-state index in [2.05, 4.69) is 27.7 Å². The average Bonchev–Trinajstić information content (AvgIpc) is 2.73. The van der Waals surface area contributed by atoms with Crippen molar-refractivity contribution in [3.8, 4) is 0 Å². The van der Waals surface area contributed by atoms with Crippen LogP contribution < -0.4 is 0 Å². The van der Waals surface area contributed by atoms with Crippen molar-refractivity contribution in [2.45, 2.75) is 66.2 Å². The molecule has 2 heteroatoms. The van der Waals surface area contributed by atoms with Crippen LogP contribution in [0.5, 0.6) is 0 Å². The van der Waals surface area contributed by atoms with Crippen molar-refractivity contribution in [3.63, 3.8) is 0 Å². The fourth-order valence-electron chi connectivity index (χ4n) is 7.10. The molecule has 0 saturated heterocycles. The second-order valence-corrected chi connectivity index (χ2v) is 9.45. The van der Waals surface area contributed by atoms with Gasteiger partial charge in [0.1, 0.15) is 5.78 Å². The van der Waals surface area contributed by atoms with Gasteiger partial charge >= 0.3 is 0 Å². The summed E-state index contributed by atoms with van der Waals surface area (Å²) < 4.78 is 0. The number of Topliss-reactive ketones (excluding diaryl/α,β-unsaturated/α-hetero) is 1. The predicted octanol–water partition coefficient (Wildman–Crippen LogP) is 4.58. The Morgan fingerprint density at radius 2 is 1.70 bits per heavy atom. The van der Waals surface area contributed by atoms with Crippen molar-refractivity contribution < 1.29 is 9.59 Å². The molecular formula is C21H30O2. The maximum Gasteiger partial charge on any atom is 0.155 e. The van der Waals surface area contributed by atoms with Crippen LogP contribution in [0.15, 0.2) is 11.6 Å². The molecule has 0 spiro atoms. The summed E-state index contributed by atoms with van der Waals surface area (Å²) in [5.41, 5.74) is 1.56. The van der Waals surface area contributed by atoms with Crippen LogP contribution in [0.25, 0.3) is 0 Å². The second kappa shape index (κ2) is 4.80. The lowest BCUT2D eigenvalue weighted by Gasteiger charge is -2.58. The predicted molar refractivity (Wildman–Crippen MR) is 90.8 cm³/mol. The lowest BCUT2D eigenvalue weighted by Crippen LogP contribution is -2.52. The number of hydrogen-bond acceptors (Lipinski definition) is 2. The topological polar surface area (TPSA) is 34.1 Å². The molecule has 3 saturated carbocycles. The Balaban J connectivity index is 1.74. The minimum atomic E-state index is -0.0671. The fourth-order valence-corrected chi connectivity index (χ4v) is 7.10. The van der Waals surface area contributed by atoms with Crippen LogP contribution in [0.2, 0.25) is 0 Å². The Morgan fingerprint density at radius 3 is 2.43 bits per heavy atom. The van der Waals surface area contributed by atoms with Crippen molar-refractivity contribution in [2.24, 2.45) is 40.4 Å². The van der Waals surface area contributed by atoms with E-state index in [4.69, 9.17) is 0 Å². The van der Waals surface area contributed by atoms with Crippen molar-refractivity contribution >= 4 is 11.6 Å². The summed E-state index contributed by atoms with van der Waals surface area (Å²) in [6, 6.07) is 0. The molecule has 23 heavy (non-hydrogen) atoms. The Morgan fingerprint density at radius 1 is 0.957 bits per heavy atom. The zero-order chi connectivity index (χ0) is 16.6. The van der Waals surface area contributed by atoms with Gasteiger partial charge in [0.05, 0.1) is 0 Å². The van der Waals surface area contributed by atoms with Crippen LogP contribution in [-0.2, 0) is 9.59 Å². The van der Waals surface area contributed by atoms with Gasteiger partial charge in [0.2, 0.25) is 0 Å². The van der Waals surface area contributed by atoms with Crippen LogP contribution in [0.3, 0.4) is 0 Å². The molecule has 4 aliphatic carbocycles. The zero-order valence-corrected chi connectivity index (χ0v) is 15.0. The van der Waals surface area contributed by atoms with E-state index in [9.17, 15) is 9.59 Å². The fraction of sp³-hybridized carbons (Fsp3) is 0.810. The first-order chi connectivity index (χ1) is 10.8. The molecule has 126 valence electrons. The number of fused-ring (bicyclic) bond motifs is 5. The van der Waals surface area contributed by atoms with Gasteiger partial charge in [-0.25, -0.2) is 0 Å². The van der Waals surface area contributed by atoms with Gasteiger partial charge in [0.15, 0.2) is 5.78 Å². The number of rotatable bonds is 0. The highest BCUT2D eigenvalue weighted by Gasteiger charge is 2.61. The highest BCUT2D eigenvalue weighted by atomic mass is 16.1. The molecule has 2 nitrogen and oxygen atoms in total.